The van der Waals surface area contributed by atoms with Crippen LogP contribution in [0.15, 0.2) is 30.5 Å². The van der Waals surface area contributed by atoms with Crippen molar-refractivity contribution in [3.8, 4) is 0 Å². The average molecular weight is 639 g/mol. The van der Waals surface area contributed by atoms with Gasteiger partial charge >= 0.3 is 6.09 Å². The SMILES string of the molecule is CC(C)n1nccc1C(=O)N[C@H](C(=O)Nc1ccc([C@H](C)C(=O)N2CCC(NC(=O)OC(C)(C)C)C2)cc1F)C(C1CC1)C1CC1. The maximum atomic E-state index is 15.5. The van der Waals surface area contributed by atoms with E-state index in [1.54, 1.807) is 55.6 Å². The largest absolute Gasteiger partial charge is 0.444 e. The third kappa shape index (κ3) is 8.06. The zero-order valence-corrected chi connectivity index (χ0v) is 27.6. The van der Waals surface area contributed by atoms with Gasteiger partial charge in [0, 0.05) is 25.3 Å². The Hall–Kier alpha value is -3.96. The Balaban J connectivity index is 1.24. The maximum absolute atomic E-state index is 15.5. The van der Waals surface area contributed by atoms with Crippen LogP contribution in [0, 0.1) is 23.6 Å². The van der Waals surface area contributed by atoms with Gasteiger partial charge in [-0.05, 0) is 115 Å². The first-order valence-corrected chi connectivity index (χ1v) is 16.4. The second-order valence-electron chi connectivity index (χ2n) is 14.3. The van der Waals surface area contributed by atoms with Gasteiger partial charge in [0.05, 0.1) is 17.6 Å². The zero-order valence-electron chi connectivity index (χ0n) is 27.6. The number of benzene rings is 1. The Morgan fingerprint density at radius 2 is 1.67 bits per heavy atom. The van der Waals surface area contributed by atoms with E-state index >= 15 is 4.39 Å². The van der Waals surface area contributed by atoms with E-state index in [4.69, 9.17) is 4.74 Å². The van der Waals surface area contributed by atoms with Crippen LogP contribution in [0.3, 0.4) is 0 Å². The molecule has 3 fully saturated rings. The second-order valence-corrected chi connectivity index (χ2v) is 14.3. The van der Waals surface area contributed by atoms with E-state index in [0.717, 1.165) is 25.7 Å². The number of hydrogen-bond acceptors (Lipinski definition) is 6. The number of aromatic nitrogens is 2. The summed E-state index contributed by atoms with van der Waals surface area (Å²) in [5.41, 5.74) is 0.223. The smallest absolute Gasteiger partial charge is 0.407 e. The van der Waals surface area contributed by atoms with Gasteiger partial charge in [0.2, 0.25) is 11.8 Å². The summed E-state index contributed by atoms with van der Waals surface area (Å²) in [5, 5.41) is 12.8. The molecule has 1 saturated heterocycles. The van der Waals surface area contributed by atoms with E-state index in [1.165, 1.54) is 12.1 Å². The van der Waals surface area contributed by atoms with Crippen LogP contribution in [-0.4, -0.2) is 69.3 Å². The molecule has 0 radical (unpaired) electrons. The Bertz CT molecular complexity index is 1450. The molecule has 3 N–H and O–H groups in total. The van der Waals surface area contributed by atoms with Crippen molar-refractivity contribution in [1.29, 1.82) is 0 Å². The summed E-state index contributed by atoms with van der Waals surface area (Å²) in [4.78, 5) is 54.3. The van der Waals surface area contributed by atoms with Crippen LogP contribution in [-0.2, 0) is 14.3 Å². The van der Waals surface area contributed by atoms with Crippen molar-refractivity contribution >= 4 is 29.5 Å². The highest BCUT2D eigenvalue weighted by Crippen LogP contribution is 2.51. The number of amides is 4. The molecule has 46 heavy (non-hydrogen) atoms. The van der Waals surface area contributed by atoms with E-state index in [1.807, 2.05) is 13.8 Å². The standard InChI is InChI=1S/C34H47FN6O5/c1-19(2)41-27(13-15-36-41)30(42)39-29(28(21-7-8-21)22-9-10-22)31(43)38-26-12-11-23(17-25(26)35)20(3)32(44)40-16-14-24(18-40)37-33(45)46-34(4,5)6/h11-13,15,17,19-22,24,28-29H,7-10,14,16,18H2,1-6H3,(H,37,45)(H,38,43)(H,39,42)/t20-,24?,29-/m0/s1. The normalized spacial score (nSPS) is 19.6. The van der Waals surface area contributed by atoms with Crippen LogP contribution in [0.2, 0.25) is 0 Å². The zero-order chi connectivity index (χ0) is 33.3. The van der Waals surface area contributed by atoms with Crippen molar-refractivity contribution in [2.45, 2.75) is 103 Å². The second kappa shape index (κ2) is 13.4. The molecule has 2 aromatic rings. The minimum Gasteiger partial charge on any atom is -0.444 e. The molecule has 3 aliphatic rings. The maximum Gasteiger partial charge on any atom is 0.407 e. The molecule has 4 amide bonds. The van der Waals surface area contributed by atoms with Gasteiger partial charge in [-0.15, -0.1) is 0 Å². The summed E-state index contributed by atoms with van der Waals surface area (Å²) in [5.74, 6) is -1.63. The highest BCUT2D eigenvalue weighted by atomic mass is 19.1. The highest BCUT2D eigenvalue weighted by Gasteiger charge is 2.48. The topological polar surface area (TPSA) is 135 Å². The van der Waals surface area contributed by atoms with Crippen LogP contribution in [0.4, 0.5) is 14.9 Å². The molecule has 2 heterocycles. The number of carbonyl (C=O) groups is 4. The first-order chi connectivity index (χ1) is 21.7. The number of rotatable bonds is 11. The lowest BCUT2D eigenvalue weighted by molar-refractivity contribution is -0.131. The number of anilines is 1. The van der Waals surface area contributed by atoms with E-state index in [2.05, 4.69) is 21.0 Å². The third-order valence-corrected chi connectivity index (χ3v) is 9.02. The summed E-state index contributed by atoms with van der Waals surface area (Å²) in [7, 11) is 0. The van der Waals surface area contributed by atoms with Crippen LogP contribution < -0.4 is 16.0 Å². The molecule has 0 spiro atoms. The lowest BCUT2D eigenvalue weighted by Crippen LogP contribution is -2.50. The summed E-state index contributed by atoms with van der Waals surface area (Å²) >= 11 is 0. The molecule has 2 aliphatic carbocycles. The fraction of sp³-hybridized carbons (Fsp3) is 0.618. The first kappa shape index (κ1) is 33.4. The summed E-state index contributed by atoms with van der Waals surface area (Å²) < 4.78 is 22.4. The summed E-state index contributed by atoms with van der Waals surface area (Å²) in [6, 6.07) is 4.94. The molecule has 1 aromatic heterocycles. The molecular weight excluding hydrogens is 591 g/mol. The molecule has 12 heteroatoms. The van der Waals surface area contributed by atoms with Gasteiger partial charge in [-0.2, -0.15) is 5.10 Å². The van der Waals surface area contributed by atoms with Crippen molar-refractivity contribution in [2.24, 2.45) is 17.8 Å². The van der Waals surface area contributed by atoms with Gasteiger partial charge in [-0.1, -0.05) is 6.07 Å². The van der Waals surface area contributed by atoms with E-state index in [-0.39, 0.29) is 35.5 Å². The van der Waals surface area contributed by atoms with Crippen LogP contribution >= 0.6 is 0 Å². The Morgan fingerprint density at radius 1 is 1.00 bits per heavy atom. The average Bonchev–Trinajstić information content (AvgIpc) is 3.90. The van der Waals surface area contributed by atoms with Gasteiger partial charge in [-0.25, -0.2) is 9.18 Å². The lowest BCUT2D eigenvalue weighted by atomic mass is 9.88. The molecule has 0 bridgehead atoms. The fourth-order valence-electron chi connectivity index (χ4n) is 6.43. The molecular formula is C34H47FN6O5. The first-order valence-electron chi connectivity index (χ1n) is 16.4. The highest BCUT2D eigenvalue weighted by molar-refractivity contribution is 6.01. The quantitative estimate of drug-likeness (QED) is 0.317. The number of likely N-dealkylation sites (tertiary alicyclic amines) is 1. The Morgan fingerprint density at radius 3 is 2.26 bits per heavy atom. The summed E-state index contributed by atoms with van der Waals surface area (Å²) in [6.07, 6.45) is 5.67. The number of alkyl carbamates (subject to hydrolysis) is 1. The molecule has 1 aromatic carbocycles. The molecule has 3 atom stereocenters. The number of carbonyl (C=O) groups excluding carboxylic acids is 4. The number of nitrogens with one attached hydrogen (secondary N) is 3. The Labute approximate surface area is 270 Å². The van der Waals surface area contributed by atoms with Crippen molar-refractivity contribution in [3.63, 3.8) is 0 Å². The molecule has 5 rings (SSSR count). The van der Waals surface area contributed by atoms with Gasteiger partial charge < -0.3 is 25.6 Å². The number of nitrogens with zero attached hydrogens (tertiary/aromatic N) is 3. The molecule has 1 aliphatic heterocycles. The van der Waals surface area contributed by atoms with Gasteiger partial charge in [0.1, 0.15) is 23.2 Å². The van der Waals surface area contributed by atoms with Crippen molar-refractivity contribution < 1.29 is 28.3 Å². The number of hydrogen-bond donors (Lipinski definition) is 3. The van der Waals surface area contributed by atoms with E-state index in [9.17, 15) is 19.2 Å². The lowest BCUT2D eigenvalue weighted by Gasteiger charge is -2.28. The van der Waals surface area contributed by atoms with Crippen LogP contribution in [0.1, 0.15) is 102 Å². The van der Waals surface area contributed by atoms with Gasteiger partial charge in [-0.3, -0.25) is 19.1 Å². The minimum atomic E-state index is -0.819. The van der Waals surface area contributed by atoms with Crippen LogP contribution in [0.25, 0.3) is 0 Å². The molecule has 2 saturated carbocycles. The number of halogens is 1. The van der Waals surface area contributed by atoms with Crippen molar-refractivity contribution in [1.82, 2.24) is 25.3 Å². The van der Waals surface area contributed by atoms with Crippen molar-refractivity contribution in [2.75, 3.05) is 18.4 Å². The predicted molar refractivity (Wildman–Crippen MR) is 171 cm³/mol. The third-order valence-electron chi connectivity index (χ3n) is 9.02. The van der Waals surface area contributed by atoms with E-state index in [0.29, 0.717) is 42.6 Å². The predicted octanol–water partition coefficient (Wildman–Crippen LogP) is 5.01. The van der Waals surface area contributed by atoms with E-state index < -0.39 is 35.4 Å². The Kier molecular flexibility index (Phi) is 9.74. The van der Waals surface area contributed by atoms with Gasteiger partial charge in [0.15, 0.2) is 0 Å². The van der Waals surface area contributed by atoms with Gasteiger partial charge in [0.25, 0.3) is 5.91 Å². The molecule has 11 nitrogen and oxygen atoms in total. The molecule has 1 unspecified atom stereocenters. The van der Waals surface area contributed by atoms with Crippen molar-refractivity contribution in [3.05, 3.63) is 47.5 Å². The minimum absolute atomic E-state index is 0.00647. The van der Waals surface area contributed by atoms with Crippen LogP contribution in [0.5, 0.6) is 0 Å². The fourth-order valence-corrected chi connectivity index (χ4v) is 6.43. The monoisotopic (exact) mass is 638 g/mol. The number of ether oxygens (including phenoxy) is 1. The molecule has 250 valence electrons. The summed E-state index contributed by atoms with van der Waals surface area (Å²) in [6.45, 7) is 11.7.